The number of halogens is 1. The van der Waals surface area contributed by atoms with Gasteiger partial charge in [0.05, 0.1) is 25.3 Å². The molecule has 31 heavy (non-hydrogen) atoms. The molecule has 4 aromatic rings. The third-order valence-electron chi connectivity index (χ3n) is 4.71. The van der Waals surface area contributed by atoms with Gasteiger partial charge in [-0.05, 0) is 42.5 Å². The van der Waals surface area contributed by atoms with E-state index in [0.717, 1.165) is 0 Å². The van der Waals surface area contributed by atoms with Crippen LogP contribution >= 0.6 is 0 Å². The van der Waals surface area contributed by atoms with Crippen LogP contribution in [0.2, 0.25) is 0 Å². The van der Waals surface area contributed by atoms with Gasteiger partial charge in [-0.2, -0.15) is 0 Å². The van der Waals surface area contributed by atoms with Gasteiger partial charge in [0.1, 0.15) is 28.6 Å². The second kappa shape index (κ2) is 8.31. The lowest BCUT2D eigenvalue weighted by Crippen LogP contribution is -2.10. The van der Waals surface area contributed by atoms with Gasteiger partial charge in [0.25, 0.3) is 0 Å². The van der Waals surface area contributed by atoms with E-state index in [-0.39, 0.29) is 16.9 Å². The van der Waals surface area contributed by atoms with Crippen molar-refractivity contribution >= 4 is 16.9 Å². The number of benzene rings is 3. The Kier molecular flexibility index (Phi) is 5.41. The summed E-state index contributed by atoms with van der Waals surface area (Å²) in [5.74, 6) is -0.357. The minimum absolute atomic E-state index is 0.124. The molecule has 0 fully saturated rings. The Morgan fingerprint density at radius 1 is 0.871 bits per heavy atom. The third-order valence-corrected chi connectivity index (χ3v) is 4.71. The van der Waals surface area contributed by atoms with Crippen LogP contribution in [0.15, 0.2) is 75.9 Å². The molecular weight excluding hydrogens is 403 g/mol. The Hall–Kier alpha value is -4.13. The lowest BCUT2D eigenvalue weighted by molar-refractivity contribution is 0.0730. The molecule has 0 bridgehead atoms. The molecule has 0 unspecified atom stereocenters. The van der Waals surface area contributed by atoms with E-state index >= 15 is 0 Å². The standard InChI is InChI=1S/C24H17FO6/c1-28-15-9-10-17(22(12-15)29-2)19-11-14-7-8-16(13-21(14)31-24(19)27)30-23(26)18-5-3-4-6-20(18)25/h3-13H,1-2H3. The summed E-state index contributed by atoms with van der Waals surface area (Å²) in [4.78, 5) is 24.9. The minimum atomic E-state index is -0.848. The highest BCUT2D eigenvalue weighted by Crippen LogP contribution is 2.33. The highest BCUT2D eigenvalue weighted by atomic mass is 19.1. The first-order valence-electron chi connectivity index (χ1n) is 9.27. The summed E-state index contributed by atoms with van der Waals surface area (Å²) in [6.07, 6.45) is 0. The van der Waals surface area contributed by atoms with E-state index in [4.69, 9.17) is 18.6 Å². The molecule has 3 aromatic carbocycles. The second-order valence-corrected chi connectivity index (χ2v) is 6.58. The molecule has 0 amide bonds. The zero-order chi connectivity index (χ0) is 22.0. The van der Waals surface area contributed by atoms with Crippen molar-refractivity contribution in [2.75, 3.05) is 14.2 Å². The zero-order valence-electron chi connectivity index (χ0n) is 16.7. The molecule has 0 aliphatic rings. The van der Waals surface area contributed by atoms with Crippen LogP contribution in [0.4, 0.5) is 4.39 Å². The van der Waals surface area contributed by atoms with E-state index in [0.29, 0.717) is 28.0 Å². The summed E-state index contributed by atoms with van der Waals surface area (Å²) in [6, 6.07) is 16.9. The normalized spacial score (nSPS) is 10.7. The quantitative estimate of drug-likeness (QED) is 0.261. The number of hydrogen-bond donors (Lipinski definition) is 0. The fraction of sp³-hybridized carbons (Fsp3) is 0.0833. The fourth-order valence-corrected chi connectivity index (χ4v) is 3.15. The van der Waals surface area contributed by atoms with Gasteiger partial charge >= 0.3 is 11.6 Å². The van der Waals surface area contributed by atoms with Crippen molar-refractivity contribution in [2.45, 2.75) is 0 Å². The Morgan fingerprint density at radius 2 is 1.65 bits per heavy atom. The largest absolute Gasteiger partial charge is 0.497 e. The van der Waals surface area contributed by atoms with Gasteiger partial charge in [-0.15, -0.1) is 0 Å². The third kappa shape index (κ3) is 3.98. The van der Waals surface area contributed by atoms with Crippen LogP contribution in [0.3, 0.4) is 0 Å². The van der Waals surface area contributed by atoms with Gasteiger partial charge in [-0.1, -0.05) is 12.1 Å². The number of esters is 1. The average molecular weight is 420 g/mol. The van der Waals surface area contributed by atoms with Crippen LogP contribution < -0.4 is 19.8 Å². The fourth-order valence-electron chi connectivity index (χ4n) is 3.15. The molecule has 0 saturated heterocycles. The summed E-state index contributed by atoms with van der Waals surface area (Å²) in [5.41, 5.74) is 0.303. The maximum Gasteiger partial charge on any atom is 0.346 e. The van der Waals surface area contributed by atoms with Crippen LogP contribution in [0.5, 0.6) is 17.2 Å². The van der Waals surface area contributed by atoms with E-state index in [2.05, 4.69) is 0 Å². The topological polar surface area (TPSA) is 75.0 Å². The SMILES string of the molecule is COc1ccc(-c2cc3ccc(OC(=O)c4ccccc4F)cc3oc2=O)c(OC)c1. The smallest absolute Gasteiger partial charge is 0.346 e. The summed E-state index contributed by atoms with van der Waals surface area (Å²) in [5, 5.41) is 0.609. The first-order valence-corrected chi connectivity index (χ1v) is 9.27. The molecule has 0 saturated carbocycles. The van der Waals surface area contributed by atoms with Crippen molar-refractivity contribution in [1.82, 2.24) is 0 Å². The lowest BCUT2D eigenvalue weighted by atomic mass is 10.0. The van der Waals surface area contributed by atoms with Crippen molar-refractivity contribution in [3.8, 4) is 28.4 Å². The van der Waals surface area contributed by atoms with Gasteiger partial charge in [-0.25, -0.2) is 14.0 Å². The molecule has 1 aromatic heterocycles. The predicted molar refractivity (Wildman–Crippen MR) is 112 cm³/mol. The van der Waals surface area contributed by atoms with Crippen LogP contribution in [-0.4, -0.2) is 20.2 Å². The number of ether oxygens (including phenoxy) is 3. The van der Waals surface area contributed by atoms with Crippen molar-refractivity contribution in [3.05, 3.63) is 88.5 Å². The molecule has 0 atom stereocenters. The van der Waals surface area contributed by atoms with E-state index in [1.165, 1.54) is 50.6 Å². The monoisotopic (exact) mass is 420 g/mol. The van der Waals surface area contributed by atoms with Crippen molar-refractivity contribution in [1.29, 1.82) is 0 Å². The maximum absolute atomic E-state index is 13.8. The molecule has 0 aliphatic heterocycles. The van der Waals surface area contributed by atoms with Gasteiger partial charge in [0, 0.05) is 23.1 Å². The maximum atomic E-state index is 13.8. The molecule has 0 aliphatic carbocycles. The number of methoxy groups -OCH3 is 2. The highest BCUT2D eigenvalue weighted by Gasteiger charge is 2.16. The molecule has 1 heterocycles. The summed E-state index contributed by atoms with van der Waals surface area (Å²) in [6.45, 7) is 0. The van der Waals surface area contributed by atoms with Crippen molar-refractivity contribution < 1.29 is 27.8 Å². The summed E-state index contributed by atoms with van der Waals surface area (Å²) >= 11 is 0. The molecule has 7 heteroatoms. The molecule has 6 nitrogen and oxygen atoms in total. The number of hydrogen-bond acceptors (Lipinski definition) is 6. The highest BCUT2D eigenvalue weighted by molar-refractivity contribution is 5.92. The van der Waals surface area contributed by atoms with E-state index < -0.39 is 17.4 Å². The van der Waals surface area contributed by atoms with Crippen LogP contribution in [0.25, 0.3) is 22.1 Å². The van der Waals surface area contributed by atoms with Crippen LogP contribution in [0.1, 0.15) is 10.4 Å². The Morgan fingerprint density at radius 3 is 2.39 bits per heavy atom. The summed E-state index contributed by atoms with van der Waals surface area (Å²) < 4.78 is 35.0. The van der Waals surface area contributed by atoms with Crippen molar-refractivity contribution in [3.63, 3.8) is 0 Å². The zero-order valence-corrected chi connectivity index (χ0v) is 16.7. The Labute approximate surface area is 176 Å². The number of rotatable bonds is 5. The van der Waals surface area contributed by atoms with E-state index in [9.17, 15) is 14.0 Å². The first kappa shape index (κ1) is 20.2. The van der Waals surface area contributed by atoms with E-state index in [1.54, 1.807) is 30.3 Å². The van der Waals surface area contributed by atoms with Gasteiger partial charge < -0.3 is 18.6 Å². The molecule has 0 spiro atoms. The van der Waals surface area contributed by atoms with Gasteiger partial charge in [-0.3, -0.25) is 0 Å². The van der Waals surface area contributed by atoms with E-state index in [1.807, 2.05) is 0 Å². The number of fused-ring (bicyclic) bond motifs is 1. The predicted octanol–water partition coefficient (Wildman–Crippen LogP) is 4.84. The van der Waals surface area contributed by atoms with Gasteiger partial charge in [0.15, 0.2) is 0 Å². The minimum Gasteiger partial charge on any atom is -0.497 e. The van der Waals surface area contributed by atoms with Crippen LogP contribution in [-0.2, 0) is 0 Å². The van der Waals surface area contributed by atoms with Crippen LogP contribution in [0, 0.1) is 5.82 Å². The molecule has 0 N–H and O–H groups in total. The molecule has 0 radical (unpaired) electrons. The molecule has 4 rings (SSSR count). The second-order valence-electron chi connectivity index (χ2n) is 6.58. The summed E-state index contributed by atoms with van der Waals surface area (Å²) in [7, 11) is 3.03. The number of carbonyl (C=O) groups is 1. The first-order chi connectivity index (χ1) is 15.0. The molecule has 156 valence electrons. The Bertz CT molecular complexity index is 1340. The molecular formula is C24H17FO6. The lowest BCUT2D eigenvalue weighted by Gasteiger charge is -2.10. The van der Waals surface area contributed by atoms with Crippen molar-refractivity contribution in [2.24, 2.45) is 0 Å². The Balaban J connectivity index is 1.70. The number of carbonyl (C=O) groups excluding carboxylic acids is 1. The average Bonchev–Trinajstić information content (AvgIpc) is 2.78. The van der Waals surface area contributed by atoms with Gasteiger partial charge in [0.2, 0.25) is 0 Å².